The molecule has 0 heterocycles. The molecule has 0 aromatic rings. The van der Waals surface area contributed by atoms with Crippen LogP contribution in [0.15, 0.2) is 0 Å². The molecule has 0 saturated carbocycles. The number of hydrogen-bond donors (Lipinski definition) is 4. The zero-order valence-corrected chi connectivity index (χ0v) is 22.4. The van der Waals surface area contributed by atoms with Gasteiger partial charge in [-0.15, -0.1) is 0 Å². The predicted molar refractivity (Wildman–Crippen MR) is 129 cm³/mol. The second-order valence-electron chi connectivity index (χ2n) is 8.54. The highest BCUT2D eigenvalue weighted by molar-refractivity contribution is 9.09. The molecule has 13 heteroatoms. The Balaban J connectivity index is 4.99. The summed E-state index contributed by atoms with van der Waals surface area (Å²) in [6, 6.07) is -2.81. The number of hydrazine groups is 1. The van der Waals surface area contributed by atoms with Crippen LogP contribution in [0.3, 0.4) is 0 Å². The maximum Gasteiger partial charge on any atom is 0.260 e. The van der Waals surface area contributed by atoms with Crippen molar-refractivity contribution in [3.8, 4) is 0 Å². The second-order valence-corrected chi connectivity index (χ2v) is 9.10. The Hall–Kier alpha value is -2.70. The Morgan fingerprint density at radius 2 is 1.32 bits per heavy atom. The molecule has 0 spiro atoms. The van der Waals surface area contributed by atoms with Crippen molar-refractivity contribution >= 4 is 51.4 Å². The van der Waals surface area contributed by atoms with Gasteiger partial charge in [-0.3, -0.25) is 39.2 Å². The average Bonchev–Trinajstić information content (AvgIpc) is 2.73. The van der Waals surface area contributed by atoms with Crippen molar-refractivity contribution in [3.05, 3.63) is 0 Å². The molecule has 0 bridgehead atoms. The van der Waals surface area contributed by atoms with Gasteiger partial charge in [0, 0.05) is 27.4 Å². The number of hydrogen-bond acceptors (Lipinski definition) is 6. The Bertz CT molecular complexity index is 760. The summed E-state index contributed by atoms with van der Waals surface area (Å²) in [5.74, 6) is -2.72. The summed E-state index contributed by atoms with van der Waals surface area (Å²) in [5, 5.41) is 8.51. The summed E-state index contributed by atoms with van der Waals surface area (Å²) in [6.07, 6.45) is 0.397. The highest BCUT2D eigenvalue weighted by atomic mass is 79.9. The van der Waals surface area contributed by atoms with Gasteiger partial charge in [-0.1, -0.05) is 29.8 Å². The van der Waals surface area contributed by atoms with Crippen molar-refractivity contribution < 1.29 is 28.8 Å². The number of amides is 6. The first-order chi connectivity index (χ1) is 15.7. The number of halogens is 1. The molecule has 194 valence electrons. The molecule has 0 aromatic carbocycles. The van der Waals surface area contributed by atoms with Gasteiger partial charge in [0.05, 0.1) is 11.9 Å². The van der Waals surface area contributed by atoms with Crippen molar-refractivity contribution in [3.63, 3.8) is 0 Å². The molecule has 0 fully saturated rings. The summed E-state index contributed by atoms with van der Waals surface area (Å²) >= 11 is 3.03. The number of carbonyl (C=O) groups is 6. The second kappa shape index (κ2) is 15.3. The van der Waals surface area contributed by atoms with Gasteiger partial charge in [0.15, 0.2) is 0 Å². The van der Waals surface area contributed by atoms with E-state index in [-0.39, 0.29) is 36.0 Å². The Morgan fingerprint density at radius 1 is 0.794 bits per heavy atom. The fraction of sp³-hybridized carbons (Fsp3) is 0.714. The zero-order valence-electron chi connectivity index (χ0n) is 20.9. The Kier molecular flexibility index (Phi) is 14.0. The van der Waals surface area contributed by atoms with Gasteiger partial charge in [0.1, 0.15) is 18.1 Å². The first-order valence-electron chi connectivity index (χ1n) is 10.9. The summed E-state index contributed by atoms with van der Waals surface area (Å²) in [4.78, 5) is 74.2. The summed E-state index contributed by atoms with van der Waals surface area (Å²) in [6.45, 7) is 7.93. The number of alkyl halides is 1. The number of carbonyl (C=O) groups excluding carboxylic acids is 6. The molecule has 0 radical (unpaired) electrons. The minimum absolute atomic E-state index is 0.00165. The molecule has 3 atom stereocenters. The van der Waals surface area contributed by atoms with E-state index in [4.69, 9.17) is 0 Å². The minimum Gasteiger partial charge on any atom is -0.349 e. The van der Waals surface area contributed by atoms with E-state index in [9.17, 15) is 28.8 Å². The van der Waals surface area contributed by atoms with Crippen LogP contribution < -0.4 is 21.4 Å². The normalized spacial score (nSPS) is 13.2. The Morgan fingerprint density at radius 3 is 1.79 bits per heavy atom. The zero-order chi connectivity index (χ0) is 26.6. The van der Waals surface area contributed by atoms with E-state index in [1.54, 1.807) is 14.1 Å². The Labute approximate surface area is 209 Å². The van der Waals surface area contributed by atoms with E-state index >= 15 is 0 Å². The van der Waals surface area contributed by atoms with E-state index < -0.39 is 41.8 Å². The van der Waals surface area contributed by atoms with Crippen molar-refractivity contribution in [2.24, 2.45) is 5.92 Å². The summed E-state index contributed by atoms with van der Waals surface area (Å²) in [5.41, 5.74) is 2.40. The van der Waals surface area contributed by atoms with Crippen LogP contribution in [-0.2, 0) is 28.8 Å². The summed E-state index contributed by atoms with van der Waals surface area (Å²) in [7, 11) is 3.16. The lowest BCUT2D eigenvalue weighted by Crippen LogP contribution is -2.57. The van der Waals surface area contributed by atoms with E-state index in [1.165, 1.54) is 25.7 Å². The maximum atomic E-state index is 12.5. The van der Waals surface area contributed by atoms with E-state index in [0.29, 0.717) is 6.42 Å². The molecule has 0 aliphatic carbocycles. The van der Waals surface area contributed by atoms with Crippen LogP contribution in [0.1, 0.15) is 47.5 Å². The minimum atomic E-state index is -1.04. The van der Waals surface area contributed by atoms with Crippen LogP contribution in [0.2, 0.25) is 0 Å². The maximum absolute atomic E-state index is 12.5. The van der Waals surface area contributed by atoms with Crippen LogP contribution in [0.5, 0.6) is 0 Å². The molecule has 12 nitrogen and oxygen atoms in total. The van der Waals surface area contributed by atoms with Gasteiger partial charge in [-0.25, -0.2) is 0 Å². The molecular formula is C21H37BrN6O6. The van der Waals surface area contributed by atoms with Gasteiger partial charge in [-0.05, 0) is 26.2 Å². The smallest absolute Gasteiger partial charge is 0.260 e. The van der Waals surface area contributed by atoms with Gasteiger partial charge in [-0.2, -0.15) is 0 Å². The van der Waals surface area contributed by atoms with E-state index in [0.717, 1.165) is 5.01 Å². The van der Waals surface area contributed by atoms with Crippen LogP contribution in [-0.4, -0.2) is 89.4 Å². The van der Waals surface area contributed by atoms with Crippen molar-refractivity contribution in [2.45, 2.75) is 65.6 Å². The molecule has 4 N–H and O–H groups in total. The standard InChI is InChI=1S/C21H37BrN6O6/c1-12(2)10-16(25-15(5)29)21(34)24-13(3)19(32)23-14(4)20(33)26-28(18(31)11-22)9-8-17(30)27(6)7/h12-14,16H,8-11H2,1-7H3,(H,23,32)(H,24,34)(H,25,29)(H,26,33)/t13-,14-,16-/m0/s1. The van der Waals surface area contributed by atoms with Crippen molar-refractivity contribution in [1.29, 1.82) is 0 Å². The van der Waals surface area contributed by atoms with Crippen molar-refractivity contribution in [2.75, 3.05) is 26.0 Å². The topological polar surface area (TPSA) is 157 Å². The predicted octanol–water partition coefficient (Wildman–Crippen LogP) is -0.720. The number of rotatable bonds is 12. The molecular weight excluding hydrogens is 512 g/mol. The lowest BCUT2D eigenvalue weighted by Gasteiger charge is -2.26. The molecule has 0 unspecified atom stereocenters. The molecule has 6 amide bonds. The lowest BCUT2D eigenvalue weighted by atomic mass is 10.0. The molecule has 0 aliphatic heterocycles. The van der Waals surface area contributed by atoms with Crippen LogP contribution in [0, 0.1) is 5.92 Å². The monoisotopic (exact) mass is 548 g/mol. The van der Waals surface area contributed by atoms with Crippen LogP contribution in [0.4, 0.5) is 0 Å². The molecule has 34 heavy (non-hydrogen) atoms. The van der Waals surface area contributed by atoms with Crippen LogP contribution in [0.25, 0.3) is 0 Å². The van der Waals surface area contributed by atoms with Crippen molar-refractivity contribution in [1.82, 2.24) is 31.3 Å². The molecule has 0 saturated heterocycles. The largest absolute Gasteiger partial charge is 0.349 e. The lowest BCUT2D eigenvalue weighted by molar-refractivity contribution is -0.142. The highest BCUT2D eigenvalue weighted by Gasteiger charge is 2.27. The average molecular weight is 549 g/mol. The number of nitrogens with zero attached hydrogens (tertiary/aromatic N) is 2. The molecule has 0 aromatic heterocycles. The van der Waals surface area contributed by atoms with Gasteiger partial charge in [0.25, 0.3) is 11.8 Å². The van der Waals surface area contributed by atoms with Gasteiger partial charge < -0.3 is 20.9 Å². The van der Waals surface area contributed by atoms with Gasteiger partial charge >= 0.3 is 0 Å². The first kappa shape index (κ1) is 31.3. The number of nitrogens with one attached hydrogen (secondary N) is 4. The summed E-state index contributed by atoms with van der Waals surface area (Å²) < 4.78 is 0. The first-order valence-corrected chi connectivity index (χ1v) is 12.1. The molecule has 0 rings (SSSR count). The van der Waals surface area contributed by atoms with E-state index in [2.05, 4.69) is 37.3 Å². The third-order valence-electron chi connectivity index (χ3n) is 4.61. The fourth-order valence-electron chi connectivity index (χ4n) is 2.71. The highest BCUT2D eigenvalue weighted by Crippen LogP contribution is 2.05. The fourth-order valence-corrected chi connectivity index (χ4v) is 3.01. The van der Waals surface area contributed by atoms with Crippen LogP contribution >= 0.6 is 15.9 Å². The molecule has 0 aliphatic rings. The third kappa shape index (κ3) is 12.0. The third-order valence-corrected chi connectivity index (χ3v) is 5.09. The van der Waals surface area contributed by atoms with Gasteiger partial charge in [0.2, 0.25) is 23.6 Å². The quantitative estimate of drug-likeness (QED) is 0.186. The van der Waals surface area contributed by atoms with E-state index in [1.807, 2.05) is 13.8 Å². The SMILES string of the molecule is CC(=O)N[C@@H](CC(C)C)C(=O)N[C@@H](C)C(=O)N[C@@H](C)C(=O)NN(CCC(=O)N(C)C)C(=O)CBr.